The molecule has 1 heterocycles. The monoisotopic (exact) mass is 378 g/mol. The summed E-state index contributed by atoms with van der Waals surface area (Å²) in [5, 5.41) is 0. The molecular weight excluding hydrogens is 348 g/mol. The third-order valence-corrected chi connectivity index (χ3v) is 5.76. The van der Waals surface area contributed by atoms with Gasteiger partial charge in [0.05, 0.1) is 24.8 Å². The molecular formula is C24H30N2O2. The molecule has 2 aromatic carbocycles. The molecule has 0 bridgehead atoms. The molecule has 1 fully saturated rings. The van der Waals surface area contributed by atoms with E-state index in [9.17, 15) is 0 Å². The Bertz CT molecular complexity index is 897. The first kappa shape index (κ1) is 18.9. The van der Waals surface area contributed by atoms with E-state index < -0.39 is 0 Å². The highest BCUT2D eigenvalue weighted by Crippen LogP contribution is 2.34. The lowest BCUT2D eigenvalue weighted by atomic mass is 9.88. The average molecular weight is 379 g/mol. The van der Waals surface area contributed by atoms with Crippen molar-refractivity contribution in [1.29, 1.82) is 0 Å². The van der Waals surface area contributed by atoms with Gasteiger partial charge in [0, 0.05) is 12.5 Å². The van der Waals surface area contributed by atoms with E-state index in [4.69, 9.17) is 14.5 Å². The smallest absolute Gasteiger partial charge is 0.161 e. The SMILES string of the molecule is COc1ccccc1OCCCCn1c(C2CCCCC2)nc2ccccc21. The lowest BCUT2D eigenvalue weighted by Crippen LogP contribution is -2.13. The number of ether oxygens (including phenoxy) is 2. The van der Waals surface area contributed by atoms with Crippen LogP contribution in [-0.4, -0.2) is 23.3 Å². The predicted molar refractivity (Wildman–Crippen MR) is 113 cm³/mol. The zero-order chi connectivity index (χ0) is 19.2. The van der Waals surface area contributed by atoms with Crippen LogP contribution in [0, 0.1) is 0 Å². The molecule has 4 rings (SSSR count). The minimum Gasteiger partial charge on any atom is -0.493 e. The number of methoxy groups -OCH3 is 1. The van der Waals surface area contributed by atoms with Crippen LogP contribution in [0.3, 0.4) is 0 Å². The van der Waals surface area contributed by atoms with Crippen molar-refractivity contribution in [3.8, 4) is 11.5 Å². The Morgan fingerprint density at radius 3 is 2.50 bits per heavy atom. The Labute approximate surface area is 167 Å². The first-order valence-electron chi connectivity index (χ1n) is 10.6. The quantitative estimate of drug-likeness (QED) is 0.454. The van der Waals surface area contributed by atoms with E-state index in [0.29, 0.717) is 12.5 Å². The van der Waals surface area contributed by atoms with Crippen LogP contribution < -0.4 is 9.47 Å². The van der Waals surface area contributed by atoms with Crippen molar-refractivity contribution < 1.29 is 9.47 Å². The molecule has 4 nitrogen and oxygen atoms in total. The fourth-order valence-electron chi connectivity index (χ4n) is 4.29. The van der Waals surface area contributed by atoms with Crippen molar-refractivity contribution in [2.45, 2.75) is 57.4 Å². The second-order valence-electron chi connectivity index (χ2n) is 7.65. The van der Waals surface area contributed by atoms with Crippen LogP contribution in [0.2, 0.25) is 0 Å². The Morgan fingerprint density at radius 1 is 0.929 bits per heavy atom. The van der Waals surface area contributed by atoms with Gasteiger partial charge in [-0.1, -0.05) is 43.5 Å². The molecule has 148 valence electrons. The van der Waals surface area contributed by atoms with Gasteiger partial charge in [-0.15, -0.1) is 0 Å². The standard InChI is InChI=1S/C24H30N2O2/c1-27-22-15-7-8-16-23(22)28-18-10-9-17-26-21-14-6-5-13-20(21)25-24(26)19-11-3-2-4-12-19/h5-8,13-16,19H,2-4,9-12,17-18H2,1H3. The van der Waals surface area contributed by atoms with Crippen molar-refractivity contribution in [2.75, 3.05) is 13.7 Å². The number of hydrogen-bond donors (Lipinski definition) is 0. The molecule has 1 aliphatic carbocycles. The van der Waals surface area contributed by atoms with Gasteiger partial charge in [0.25, 0.3) is 0 Å². The Morgan fingerprint density at radius 2 is 1.68 bits per heavy atom. The van der Waals surface area contributed by atoms with Gasteiger partial charge in [-0.25, -0.2) is 4.98 Å². The molecule has 1 aliphatic rings. The third-order valence-electron chi connectivity index (χ3n) is 5.76. The van der Waals surface area contributed by atoms with E-state index in [1.165, 1.54) is 43.4 Å². The first-order valence-corrected chi connectivity index (χ1v) is 10.6. The van der Waals surface area contributed by atoms with Crippen molar-refractivity contribution >= 4 is 11.0 Å². The van der Waals surface area contributed by atoms with Gasteiger partial charge in [-0.2, -0.15) is 0 Å². The second-order valence-corrected chi connectivity index (χ2v) is 7.65. The van der Waals surface area contributed by atoms with Gasteiger partial charge in [0.1, 0.15) is 5.82 Å². The van der Waals surface area contributed by atoms with E-state index in [1.54, 1.807) is 7.11 Å². The first-order chi connectivity index (χ1) is 13.9. The molecule has 28 heavy (non-hydrogen) atoms. The Balaban J connectivity index is 1.40. The summed E-state index contributed by atoms with van der Waals surface area (Å²) >= 11 is 0. The summed E-state index contributed by atoms with van der Waals surface area (Å²) in [7, 11) is 1.68. The fourth-order valence-corrected chi connectivity index (χ4v) is 4.29. The van der Waals surface area contributed by atoms with Crippen molar-refractivity contribution in [1.82, 2.24) is 9.55 Å². The van der Waals surface area contributed by atoms with Crippen molar-refractivity contribution in [3.05, 3.63) is 54.4 Å². The number of hydrogen-bond acceptors (Lipinski definition) is 3. The summed E-state index contributed by atoms with van der Waals surface area (Å²) < 4.78 is 13.8. The number of aryl methyl sites for hydroxylation is 1. The number of nitrogens with zero attached hydrogens (tertiary/aromatic N) is 2. The molecule has 0 spiro atoms. The minimum atomic E-state index is 0.617. The van der Waals surface area contributed by atoms with Gasteiger partial charge in [-0.05, 0) is 49.9 Å². The predicted octanol–water partition coefficient (Wildman–Crippen LogP) is 5.95. The van der Waals surface area contributed by atoms with Crippen LogP contribution in [0.4, 0.5) is 0 Å². The lowest BCUT2D eigenvalue weighted by Gasteiger charge is -2.22. The molecule has 0 radical (unpaired) electrons. The molecule has 1 aromatic heterocycles. The molecule has 0 unspecified atom stereocenters. The number of fused-ring (bicyclic) bond motifs is 1. The van der Waals surface area contributed by atoms with Crippen molar-refractivity contribution in [3.63, 3.8) is 0 Å². The molecule has 0 N–H and O–H groups in total. The van der Waals surface area contributed by atoms with Gasteiger partial charge in [-0.3, -0.25) is 0 Å². The zero-order valence-corrected chi connectivity index (χ0v) is 16.8. The van der Waals surface area contributed by atoms with Crippen LogP contribution in [-0.2, 0) is 6.54 Å². The van der Waals surface area contributed by atoms with E-state index in [0.717, 1.165) is 36.4 Å². The maximum atomic E-state index is 5.93. The summed E-state index contributed by atoms with van der Waals surface area (Å²) in [5.74, 6) is 3.53. The normalized spacial score (nSPS) is 15.0. The molecule has 3 aromatic rings. The van der Waals surface area contributed by atoms with E-state index in [1.807, 2.05) is 24.3 Å². The summed E-state index contributed by atoms with van der Waals surface area (Å²) in [6, 6.07) is 16.4. The minimum absolute atomic E-state index is 0.617. The van der Waals surface area contributed by atoms with Gasteiger partial charge in [0.15, 0.2) is 11.5 Å². The van der Waals surface area contributed by atoms with Gasteiger partial charge in [0.2, 0.25) is 0 Å². The van der Waals surface area contributed by atoms with E-state index in [2.05, 4.69) is 28.8 Å². The zero-order valence-electron chi connectivity index (χ0n) is 16.8. The van der Waals surface area contributed by atoms with Gasteiger partial charge < -0.3 is 14.0 Å². The highest BCUT2D eigenvalue weighted by molar-refractivity contribution is 5.76. The Hall–Kier alpha value is -2.49. The molecule has 0 saturated heterocycles. The van der Waals surface area contributed by atoms with Crippen LogP contribution >= 0.6 is 0 Å². The molecule has 0 amide bonds. The lowest BCUT2D eigenvalue weighted by molar-refractivity contribution is 0.283. The molecule has 0 aliphatic heterocycles. The van der Waals surface area contributed by atoms with Gasteiger partial charge >= 0.3 is 0 Å². The van der Waals surface area contributed by atoms with Crippen molar-refractivity contribution in [2.24, 2.45) is 0 Å². The highest BCUT2D eigenvalue weighted by atomic mass is 16.5. The second kappa shape index (κ2) is 9.13. The largest absolute Gasteiger partial charge is 0.493 e. The van der Waals surface area contributed by atoms with Crippen LogP contribution in [0.5, 0.6) is 11.5 Å². The summed E-state index contributed by atoms with van der Waals surface area (Å²) in [6.45, 7) is 1.70. The molecule has 1 saturated carbocycles. The Kier molecular flexibility index (Phi) is 6.15. The van der Waals surface area contributed by atoms with Crippen LogP contribution in [0.15, 0.2) is 48.5 Å². The fraction of sp³-hybridized carbons (Fsp3) is 0.458. The number of unbranched alkanes of at least 4 members (excludes halogenated alkanes) is 1. The van der Waals surface area contributed by atoms with E-state index in [-0.39, 0.29) is 0 Å². The third kappa shape index (κ3) is 4.16. The number of rotatable bonds is 8. The van der Waals surface area contributed by atoms with Crippen LogP contribution in [0.1, 0.15) is 56.7 Å². The van der Waals surface area contributed by atoms with E-state index >= 15 is 0 Å². The van der Waals surface area contributed by atoms with Crippen LogP contribution in [0.25, 0.3) is 11.0 Å². The number of imidazole rings is 1. The summed E-state index contributed by atoms with van der Waals surface area (Å²) in [5.41, 5.74) is 2.40. The number of aromatic nitrogens is 2. The average Bonchev–Trinajstić information content (AvgIpc) is 3.13. The maximum Gasteiger partial charge on any atom is 0.161 e. The summed E-state index contributed by atoms with van der Waals surface area (Å²) in [4.78, 5) is 5.02. The molecule has 0 atom stereocenters. The highest BCUT2D eigenvalue weighted by Gasteiger charge is 2.22. The number of para-hydroxylation sites is 4. The number of benzene rings is 2. The molecule has 4 heteroatoms. The summed E-state index contributed by atoms with van der Waals surface area (Å²) in [6.07, 6.45) is 8.68. The topological polar surface area (TPSA) is 36.3 Å². The maximum absolute atomic E-state index is 5.93.